The van der Waals surface area contributed by atoms with Gasteiger partial charge in [-0.3, -0.25) is 0 Å². The van der Waals surface area contributed by atoms with Gasteiger partial charge >= 0.3 is 6.03 Å². The molecule has 0 bridgehead atoms. The van der Waals surface area contributed by atoms with E-state index in [2.05, 4.69) is 17.1 Å². The van der Waals surface area contributed by atoms with Gasteiger partial charge in [-0.1, -0.05) is 13.3 Å². The van der Waals surface area contributed by atoms with Crippen molar-refractivity contribution in [1.82, 2.24) is 30.0 Å². The van der Waals surface area contributed by atoms with Crippen LogP contribution in [0.2, 0.25) is 0 Å². The molecule has 1 aromatic carbocycles. The number of rotatable bonds is 6. The Hall–Kier alpha value is -3.23. The van der Waals surface area contributed by atoms with Gasteiger partial charge in [-0.15, -0.1) is 0 Å². The number of carbonyl (C=O) groups excluding carboxylic acids is 1. The van der Waals surface area contributed by atoms with Crippen LogP contribution in [-0.4, -0.2) is 63.4 Å². The number of urea groups is 1. The lowest BCUT2D eigenvalue weighted by molar-refractivity contribution is 0.202. The van der Waals surface area contributed by atoms with Crippen LogP contribution in [0.1, 0.15) is 44.6 Å². The number of hydrogen-bond donors (Lipinski definition) is 1. The van der Waals surface area contributed by atoms with Crippen LogP contribution in [0, 0.1) is 12.7 Å². The summed E-state index contributed by atoms with van der Waals surface area (Å²) in [5.74, 6) is 1.37. The van der Waals surface area contributed by atoms with E-state index in [0.717, 1.165) is 66.3 Å². The molecule has 2 amide bonds. The normalized spacial score (nSPS) is 14.5. The molecule has 0 unspecified atom stereocenters. The third kappa shape index (κ3) is 4.91. The summed E-state index contributed by atoms with van der Waals surface area (Å²) < 4.78 is 15.3. The molecule has 0 radical (unpaired) electrons. The Morgan fingerprint density at radius 3 is 2.61 bits per heavy atom. The van der Waals surface area contributed by atoms with Crippen molar-refractivity contribution in [3.8, 4) is 5.69 Å². The molecule has 1 aliphatic heterocycles. The number of nitrogens with zero attached hydrogens (tertiary/aromatic N) is 6. The number of amides is 2. The maximum atomic E-state index is 13.5. The molecule has 1 saturated heterocycles. The minimum Gasteiger partial charge on any atom is -0.354 e. The second-order valence-corrected chi connectivity index (χ2v) is 8.40. The van der Waals surface area contributed by atoms with E-state index in [4.69, 9.17) is 15.1 Å². The number of benzene rings is 1. The van der Waals surface area contributed by atoms with Crippen LogP contribution in [0.3, 0.4) is 0 Å². The van der Waals surface area contributed by atoms with Gasteiger partial charge in [0.05, 0.1) is 16.8 Å². The van der Waals surface area contributed by atoms with E-state index in [-0.39, 0.29) is 11.8 Å². The Labute approximate surface area is 193 Å². The second kappa shape index (κ2) is 10.1. The van der Waals surface area contributed by atoms with Crippen molar-refractivity contribution in [3.05, 3.63) is 41.6 Å². The van der Waals surface area contributed by atoms with E-state index in [1.54, 1.807) is 16.8 Å². The highest BCUT2D eigenvalue weighted by molar-refractivity contribution is 5.91. The van der Waals surface area contributed by atoms with Gasteiger partial charge in [-0.25, -0.2) is 23.8 Å². The lowest BCUT2D eigenvalue weighted by atomic mass is 10.2. The van der Waals surface area contributed by atoms with Crippen LogP contribution < -0.4 is 10.2 Å². The summed E-state index contributed by atoms with van der Waals surface area (Å²) in [6.45, 7) is 9.50. The number of carbonyl (C=O) groups is 1. The molecule has 1 aliphatic rings. The Balaban J connectivity index is 1.75. The summed E-state index contributed by atoms with van der Waals surface area (Å²) in [7, 11) is 0. The first-order valence-electron chi connectivity index (χ1n) is 11.8. The summed E-state index contributed by atoms with van der Waals surface area (Å²) in [5, 5.41) is 8.55. The van der Waals surface area contributed by atoms with Crippen molar-refractivity contribution in [2.75, 3.05) is 37.6 Å². The van der Waals surface area contributed by atoms with Crippen molar-refractivity contribution in [2.45, 2.75) is 46.5 Å². The summed E-state index contributed by atoms with van der Waals surface area (Å²) >= 11 is 0. The van der Waals surface area contributed by atoms with Gasteiger partial charge in [-0.05, 0) is 51.0 Å². The van der Waals surface area contributed by atoms with Crippen molar-refractivity contribution in [2.24, 2.45) is 0 Å². The van der Waals surface area contributed by atoms with Gasteiger partial charge in [0.25, 0.3) is 0 Å². The second-order valence-electron chi connectivity index (χ2n) is 8.40. The van der Waals surface area contributed by atoms with Crippen molar-refractivity contribution in [3.63, 3.8) is 0 Å². The smallest absolute Gasteiger partial charge is 0.317 e. The van der Waals surface area contributed by atoms with Crippen LogP contribution in [0.5, 0.6) is 0 Å². The number of aryl methyl sites for hydroxylation is 2. The van der Waals surface area contributed by atoms with Crippen LogP contribution in [0.4, 0.5) is 15.0 Å². The molecule has 33 heavy (non-hydrogen) atoms. The van der Waals surface area contributed by atoms with E-state index >= 15 is 0 Å². The number of fused-ring (bicyclic) bond motifs is 1. The molecule has 176 valence electrons. The van der Waals surface area contributed by atoms with E-state index in [1.807, 2.05) is 18.7 Å². The molecule has 9 heteroatoms. The third-order valence-corrected chi connectivity index (χ3v) is 5.97. The highest BCUT2D eigenvalue weighted by atomic mass is 19.1. The Bertz CT molecular complexity index is 1110. The molecule has 0 aliphatic carbocycles. The lowest BCUT2D eigenvalue weighted by Gasteiger charge is -2.24. The zero-order valence-corrected chi connectivity index (χ0v) is 19.6. The van der Waals surface area contributed by atoms with Crippen LogP contribution in [0.25, 0.3) is 16.7 Å². The number of anilines is 1. The largest absolute Gasteiger partial charge is 0.354 e. The molecule has 3 aromatic rings. The zero-order valence-electron chi connectivity index (χ0n) is 19.6. The number of aromatic nitrogens is 4. The maximum Gasteiger partial charge on any atom is 0.317 e. The van der Waals surface area contributed by atoms with Gasteiger partial charge in [0.1, 0.15) is 17.5 Å². The number of unbranched alkanes of at least 4 members (excludes halogenated alkanes) is 1. The van der Waals surface area contributed by atoms with Gasteiger partial charge in [0.2, 0.25) is 0 Å². The quantitative estimate of drug-likeness (QED) is 0.613. The molecule has 0 atom stereocenters. The molecule has 1 N–H and O–H groups in total. The number of halogens is 1. The fourth-order valence-electron chi connectivity index (χ4n) is 4.24. The van der Waals surface area contributed by atoms with Gasteiger partial charge < -0.3 is 15.1 Å². The Morgan fingerprint density at radius 2 is 1.88 bits per heavy atom. The summed E-state index contributed by atoms with van der Waals surface area (Å²) in [6.07, 6.45) is 3.70. The molecule has 8 nitrogen and oxygen atoms in total. The molecule has 0 spiro atoms. The summed E-state index contributed by atoms with van der Waals surface area (Å²) in [6, 6.07) is 6.28. The van der Waals surface area contributed by atoms with Gasteiger partial charge in [-0.2, -0.15) is 5.10 Å². The van der Waals surface area contributed by atoms with E-state index in [0.29, 0.717) is 26.2 Å². The van der Waals surface area contributed by atoms with Crippen LogP contribution in [0.15, 0.2) is 24.3 Å². The SMILES string of the molecule is CCCCc1nc(N2CCCN(C(=O)NCC)CC2)c2c(C)nn(-c3ccc(F)cc3)c2n1. The molecule has 1 fully saturated rings. The summed E-state index contributed by atoms with van der Waals surface area (Å²) in [4.78, 5) is 26.3. The van der Waals surface area contributed by atoms with Crippen molar-refractivity contribution in [1.29, 1.82) is 0 Å². The molecule has 2 aromatic heterocycles. The van der Waals surface area contributed by atoms with Crippen molar-refractivity contribution >= 4 is 22.9 Å². The predicted octanol–water partition coefficient (Wildman–Crippen LogP) is 3.85. The molecule has 0 saturated carbocycles. The molecular weight excluding hydrogens is 421 g/mol. The standard InChI is InChI=1S/C24H32FN7O/c1-4-6-8-20-27-22(30-13-7-14-31(16-15-30)24(33)26-5-2)21-17(3)29-32(23(21)28-20)19-11-9-18(25)10-12-19/h9-12H,4-8,13-16H2,1-3H3,(H,26,33). The predicted molar refractivity (Wildman–Crippen MR) is 127 cm³/mol. The van der Waals surface area contributed by atoms with Gasteiger partial charge in [0, 0.05) is 39.1 Å². The van der Waals surface area contributed by atoms with E-state index < -0.39 is 0 Å². The average molecular weight is 454 g/mol. The number of nitrogens with one attached hydrogen (secondary N) is 1. The first-order chi connectivity index (χ1) is 16.0. The van der Waals surface area contributed by atoms with E-state index in [1.165, 1.54) is 12.1 Å². The first kappa shape index (κ1) is 22.9. The molecular formula is C24H32FN7O. The monoisotopic (exact) mass is 453 g/mol. The fourth-order valence-corrected chi connectivity index (χ4v) is 4.24. The molecule has 3 heterocycles. The molecule has 4 rings (SSSR count). The van der Waals surface area contributed by atoms with Crippen LogP contribution in [-0.2, 0) is 6.42 Å². The third-order valence-electron chi connectivity index (χ3n) is 5.97. The summed E-state index contributed by atoms with van der Waals surface area (Å²) in [5.41, 5.74) is 2.33. The van der Waals surface area contributed by atoms with Crippen LogP contribution >= 0.6 is 0 Å². The maximum absolute atomic E-state index is 13.5. The highest BCUT2D eigenvalue weighted by Crippen LogP contribution is 2.30. The van der Waals surface area contributed by atoms with Crippen molar-refractivity contribution < 1.29 is 9.18 Å². The number of hydrogen-bond acceptors (Lipinski definition) is 5. The fraction of sp³-hybridized carbons (Fsp3) is 0.500. The highest BCUT2D eigenvalue weighted by Gasteiger charge is 2.24. The van der Waals surface area contributed by atoms with Gasteiger partial charge in [0.15, 0.2) is 5.65 Å². The average Bonchev–Trinajstić information content (AvgIpc) is 2.98. The topological polar surface area (TPSA) is 79.2 Å². The minimum absolute atomic E-state index is 0.0175. The Kier molecular flexibility index (Phi) is 7.05. The zero-order chi connectivity index (χ0) is 23.4. The first-order valence-corrected chi connectivity index (χ1v) is 11.8. The minimum atomic E-state index is -0.285. The lowest BCUT2D eigenvalue weighted by Crippen LogP contribution is -2.42. The van der Waals surface area contributed by atoms with E-state index in [9.17, 15) is 9.18 Å². The Morgan fingerprint density at radius 1 is 1.09 bits per heavy atom.